The van der Waals surface area contributed by atoms with Gasteiger partial charge in [-0.2, -0.15) is 0 Å². The third kappa shape index (κ3) is 2.22. The molecule has 1 fully saturated rings. The average Bonchev–Trinajstić information content (AvgIpc) is 2.41. The van der Waals surface area contributed by atoms with E-state index in [4.69, 9.17) is 9.84 Å². The molecule has 0 spiro atoms. The van der Waals surface area contributed by atoms with Gasteiger partial charge in [0.25, 0.3) is 0 Å². The van der Waals surface area contributed by atoms with Crippen LogP contribution in [-0.4, -0.2) is 43.2 Å². The number of amides is 1. The fraction of sp³-hybridized carbons (Fsp3) is 0.429. The number of aromatic carboxylic acids is 1. The Morgan fingerprint density at radius 3 is 2.85 bits per heavy atom. The molecule has 0 bridgehead atoms. The van der Waals surface area contributed by atoms with Gasteiger partial charge in [-0.3, -0.25) is 4.79 Å². The number of fused-ring (bicyclic) bond motifs is 1. The van der Waals surface area contributed by atoms with Crippen molar-refractivity contribution >= 4 is 17.6 Å². The van der Waals surface area contributed by atoms with Crippen LogP contribution < -0.4 is 15.0 Å². The van der Waals surface area contributed by atoms with Crippen molar-refractivity contribution in [2.75, 3.05) is 31.1 Å². The van der Waals surface area contributed by atoms with Crippen molar-refractivity contribution in [3.05, 3.63) is 23.8 Å². The van der Waals surface area contributed by atoms with Crippen LogP contribution in [0.25, 0.3) is 0 Å². The summed E-state index contributed by atoms with van der Waals surface area (Å²) in [7, 11) is 0. The third-order valence-electron chi connectivity index (χ3n) is 3.71. The molecule has 2 aliphatic rings. The number of carbonyl (C=O) groups excluding carboxylic acids is 1. The predicted molar refractivity (Wildman–Crippen MR) is 72.2 cm³/mol. The number of carbonyl (C=O) groups is 2. The Morgan fingerprint density at radius 1 is 1.40 bits per heavy atom. The average molecular weight is 276 g/mol. The summed E-state index contributed by atoms with van der Waals surface area (Å²) >= 11 is 0. The second-order valence-electron chi connectivity index (χ2n) is 5.08. The predicted octanol–water partition coefficient (Wildman–Crippen LogP) is 0.720. The second-order valence-corrected chi connectivity index (χ2v) is 5.08. The van der Waals surface area contributed by atoms with E-state index in [0.29, 0.717) is 36.9 Å². The number of ether oxygens (including phenoxy) is 1. The van der Waals surface area contributed by atoms with Gasteiger partial charge in [0.2, 0.25) is 5.91 Å². The number of anilines is 1. The van der Waals surface area contributed by atoms with E-state index in [2.05, 4.69) is 5.32 Å². The van der Waals surface area contributed by atoms with E-state index in [0.717, 1.165) is 13.1 Å². The van der Waals surface area contributed by atoms with Crippen molar-refractivity contribution in [1.82, 2.24) is 5.32 Å². The number of hydrogen-bond acceptors (Lipinski definition) is 4. The molecule has 0 atom stereocenters. The van der Waals surface area contributed by atoms with Crippen LogP contribution in [-0.2, 0) is 4.79 Å². The Balaban J connectivity index is 1.87. The molecule has 2 aliphatic heterocycles. The maximum absolute atomic E-state index is 12.3. The lowest BCUT2D eigenvalue weighted by molar-refractivity contribution is -0.120. The van der Waals surface area contributed by atoms with Crippen LogP contribution in [0.4, 0.5) is 5.69 Å². The quantitative estimate of drug-likeness (QED) is 0.850. The fourth-order valence-corrected chi connectivity index (χ4v) is 2.53. The lowest BCUT2D eigenvalue weighted by Gasteiger charge is -2.33. The van der Waals surface area contributed by atoms with E-state index in [9.17, 15) is 9.59 Å². The highest BCUT2D eigenvalue weighted by molar-refractivity contribution is 6.00. The summed E-state index contributed by atoms with van der Waals surface area (Å²) in [5.41, 5.74) is 0.666. The summed E-state index contributed by atoms with van der Waals surface area (Å²) in [5, 5.41) is 12.3. The number of nitrogens with zero attached hydrogens (tertiary/aromatic N) is 1. The summed E-state index contributed by atoms with van der Waals surface area (Å²) < 4.78 is 5.45. The summed E-state index contributed by atoms with van der Waals surface area (Å²) in [6.07, 6.45) is 0.490. The molecule has 0 radical (unpaired) electrons. The number of carboxylic acid groups (broad SMARTS) is 1. The van der Waals surface area contributed by atoms with Crippen molar-refractivity contribution in [2.45, 2.75) is 6.42 Å². The maximum Gasteiger partial charge on any atom is 0.339 e. The first-order valence-corrected chi connectivity index (χ1v) is 6.67. The molecule has 3 rings (SSSR count). The zero-order chi connectivity index (χ0) is 14.1. The summed E-state index contributed by atoms with van der Waals surface area (Å²) in [4.78, 5) is 25.2. The van der Waals surface area contributed by atoms with Gasteiger partial charge in [0.1, 0.15) is 12.2 Å². The fourth-order valence-electron chi connectivity index (χ4n) is 2.53. The van der Waals surface area contributed by atoms with Crippen molar-refractivity contribution in [3.63, 3.8) is 0 Å². The Morgan fingerprint density at radius 2 is 2.20 bits per heavy atom. The van der Waals surface area contributed by atoms with Crippen molar-refractivity contribution < 1.29 is 19.4 Å². The van der Waals surface area contributed by atoms with Gasteiger partial charge in [-0.05, 0) is 31.1 Å². The van der Waals surface area contributed by atoms with Gasteiger partial charge in [-0.25, -0.2) is 4.79 Å². The molecule has 2 heterocycles. The van der Waals surface area contributed by atoms with E-state index in [1.54, 1.807) is 17.0 Å². The van der Waals surface area contributed by atoms with Crippen LogP contribution in [0.3, 0.4) is 0 Å². The van der Waals surface area contributed by atoms with Crippen LogP contribution in [0.15, 0.2) is 18.2 Å². The molecule has 1 aromatic carbocycles. The van der Waals surface area contributed by atoms with Crippen LogP contribution in [0.2, 0.25) is 0 Å². The molecule has 2 N–H and O–H groups in total. The minimum Gasteiger partial charge on any atom is -0.489 e. The smallest absolute Gasteiger partial charge is 0.339 e. The topological polar surface area (TPSA) is 78.9 Å². The molecule has 1 amide bonds. The Labute approximate surface area is 116 Å². The minimum atomic E-state index is -1.04. The van der Waals surface area contributed by atoms with Crippen molar-refractivity contribution in [2.24, 2.45) is 5.92 Å². The van der Waals surface area contributed by atoms with Crippen molar-refractivity contribution in [1.29, 1.82) is 0 Å². The van der Waals surface area contributed by atoms with Crippen molar-refractivity contribution in [3.8, 4) is 5.75 Å². The largest absolute Gasteiger partial charge is 0.489 e. The molecular formula is C14H16N2O4. The van der Waals surface area contributed by atoms with E-state index >= 15 is 0 Å². The van der Waals surface area contributed by atoms with Crippen LogP contribution >= 0.6 is 0 Å². The van der Waals surface area contributed by atoms with Crippen LogP contribution in [0.5, 0.6) is 5.75 Å². The third-order valence-corrected chi connectivity index (χ3v) is 3.71. The second kappa shape index (κ2) is 5.13. The van der Waals surface area contributed by atoms with E-state index in [-0.39, 0.29) is 11.5 Å². The summed E-state index contributed by atoms with van der Waals surface area (Å²) in [6.45, 7) is 2.54. The molecule has 20 heavy (non-hydrogen) atoms. The van der Waals surface area contributed by atoms with E-state index in [1.165, 1.54) is 6.07 Å². The number of nitrogens with one attached hydrogen (secondary N) is 1. The maximum atomic E-state index is 12.3. The normalized spacial score (nSPS) is 17.9. The summed E-state index contributed by atoms with van der Waals surface area (Å²) in [5.74, 6) is -0.328. The zero-order valence-electron chi connectivity index (χ0n) is 11.0. The standard InChI is InChI=1S/C14H16N2O4/c17-12(6-9-7-15-8-9)16-4-5-20-13-10(14(18)19)2-1-3-11(13)16/h1-3,9,15H,4-8H2,(H,18,19). The van der Waals surface area contributed by atoms with Gasteiger partial charge in [0.15, 0.2) is 5.75 Å². The monoisotopic (exact) mass is 276 g/mol. The van der Waals surface area contributed by atoms with E-state index in [1.807, 2.05) is 0 Å². The van der Waals surface area contributed by atoms with Crippen LogP contribution in [0.1, 0.15) is 16.8 Å². The van der Waals surface area contributed by atoms with E-state index < -0.39 is 5.97 Å². The van der Waals surface area contributed by atoms with Gasteiger partial charge in [-0.15, -0.1) is 0 Å². The summed E-state index contributed by atoms with van der Waals surface area (Å²) in [6, 6.07) is 4.87. The number of para-hydroxylation sites is 1. The van der Waals surface area contributed by atoms with Gasteiger partial charge in [0, 0.05) is 6.42 Å². The Hall–Kier alpha value is -2.08. The van der Waals surface area contributed by atoms with Gasteiger partial charge in [0.05, 0.1) is 12.2 Å². The highest BCUT2D eigenvalue weighted by Gasteiger charge is 2.30. The number of rotatable bonds is 3. The molecule has 6 nitrogen and oxygen atoms in total. The molecule has 0 saturated carbocycles. The number of benzene rings is 1. The molecule has 0 aromatic heterocycles. The lowest BCUT2D eigenvalue weighted by Crippen LogP contribution is -2.46. The first kappa shape index (κ1) is 12.9. The first-order valence-electron chi connectivity index (χ1n) is 6.67. The number of hydrogen-bond donors (Lipinski definition) is 2. The first-order chi connectivity index (χ1) is 9.66. The molecular weight excluding hydrogens is 260 g/mol. The molecule has 6 heteroatoms. The Kier molecular flexibility index (Phi) is 3.31. The lowest BCUT2D eigenvalue weighted by atomic mass is 9.98. The van der Waals surface area contributed by atoms with Gasteiger partial charge in [-0.1, -0.05) is 6.07 Å². The molecule has 106 valence electrons. The molecule has 0 unspecified atom stereocenters. The van der Waals surface area contributed by atoms with Gasteiger partial charge < -0.3 is 20.1 Å². The zero-order valence-corrected chi connectivity index (χ0v) is 11.0. The molecule has 0 aliphatic carbocycles. The van der Waals surface area contributed by atoms with Gasteiger partial charge >= 0.3 is 5.97 Å². The SMILES string of the molecule is O=C(O)c1cccc2c1OCCN2C(=O)CC1CNC1. The highest BCUT2D eigenvalue weighted by atomic mass is 16.5. The molecule has 1 saturated heterocycles. The number of carboxylic acids is 1. The molecule has 1 aromatic rings. The van der Waals surface area contributed by atoms with Crippen LogP contribution in [0, 0.1) is 5.92 Å². The highest BCUT2D eigenvalue weighted by Crippen LogP contribution is 2.35. The minimum absolute atomic E-state index is 0.0311. The Bertz CT molecular complexity index is 554.